The molecule has 0 spiro atoms. The zero-order valence-electron chi connectivity index (χ0n) is 14.8. The number of urea groups is 1. The van der Waals surface area contributed by atoms with Crippen molar-refractivity contribution in [1.82, 2.24) is 10.6 Å². The van der Waals surface area contributed by atoms with Gasteiger partial charge in [0.1, 0.15) is 0 Å². The van der Waals surface area contributed by atoms with E-state index in [-0.39, 0.29) is 16.2 Å². The molecule has 2 aromatic rings. The van der Waals surface area contributed by atoms with Crippen molar-refractivity contribution in [2.75, 3.05) is 12.9 Å². The Labute approximate surface area is 167 Å². The first-order valence-corrected chi connectivity index (χ1v) is 10.3. The molecular formula is C19H17ClN2O5S. The van der Waals surface area contributed by atoms with Crippen LogP contribution in [0.25, 0.3) is 0 Å². The van der Waals surface area contributed by atoms with Gasteiger partial charge in [-0.2, -0.15) is 0 Å². The largest absolute Gasteiger partial charge is 0.466 e. The van der Waals surface area contributed by atoms with E-state index >= 15 is 0 Å². The molecular weight excluding hydrogens is 404 g/mol. The van der Waals surface area contributed by atoms with Crippen LogP contribution < -0.4 is 10.6 Å². The van der Waals surface area contributed by atoms with E-state index in [4.69, 9.17) is 16.3 Å². The average Bonchev–Trinajstić information content (AvgIpc) is 2.68. The zero-order chi connectivity index (χ0) is 20.3. The molecule has 2 aromatic carbocycles. The lowest BCUT2D eigenvalue weighted by atomic mass is 9.95. The van der Waals surface area contributed by atoms with Crippen molar-refractivity contribution in [3.05, 3.63) is 76.5 Å². The second-order valence-corrected chi connectivity index (χ2v) is 8.41. The summed E-state index contributed by atoms with van der Waals surface area (Å²) in [4.78, 5) is 24.8. The summed E-state index contributed by atoms with van der Waals surface area (Å²) in [5, 5.41) is 5.36. The molecule has 1 aliphatic rings. The first kappa shape index (κ1) is 19.9. The van der Waals surface area contributed by atoms with Crippen molar-refractivity contribution in [1.29, 1.82) is 0 Å². The van der Waals surface area contributed by atoms with Crippen molar-refractivity contribution < 1.29 is 22.7 Å². The van der Waals surface area contributed by atoms with Crippen LogP contribution in [0.4, 0.5) is 4.79 Å². The van der Waals surface area contributed by atoms with Crippen molar-refractivity contribution in [2.24, 2.45) is 0 Å². The number of halogens is 1. The second kappa shape index (κ2) is 8.04. The van der Waals surface area contributed by atoms with Gasteiger partial charge in [-0.3, -0.25) is 0 Å². The lowest BCUT2D eigenvalue weighted by molar-refractivity contribution is -0.136. The minimum absolute atomic E-state index is 0.0188. The molecule has 0 saturated carbocycles. The fourth-order valence-corrected chi connectivity index (χ4v) is 4.52. The number of hydrogen-bond donors (Lipinski definition) is 2. The van der Waals surface area contributed by atoms with Crippen molar-refractivity contribution >= 4 is 33.4 Å². The van der Waals surface area contributed by atoms with Gasteiger partial charge in [0.05, 0.1) is 29.4 Å². The van der Waals surface area contributed by atoms with Crippen molar-refractivity contribution in [2.45, 2.75) is 10.9 Å². The predicted molar refractivity (Wildman–Crippen MR) is 103 cm³/mol. The summed E-state index contributed by atoms with van der Waals surface area (Å²) >= 11 is 6.23. The molecule has 9 heteroatoms. The van der Waals surface area contributed by atoms with Gasteiger partial charge in [-0.15, -0.1) is 0 Å². The molecule has 1 atom stereocenters. The van der Waals surface area contributed by atoms with Gasteiger partial charge >= 0.3 is 12.0 Å². The SMILES string of the molecule is COC(=O)C1=C(CS(=O)(=O)c2ccccc2)NC(=O)N[C@@H]1c1ccccc1Cl. The maximum Gasteiger partial charge on any atom is 0.338 e. The van der Waals surface area contributed by atoms with E-state index in [9.17, 15) is 18.0 Å². The third-order valence-corrected chi connectivity index (χ3v) is 6.22. The lowest BCUT2D eigenvalue weighted by Gasteiger charge is -2.29. The van der Waals surface area contributed by atoms with E-state index in [1.807, 2.05) is 0 Å². The molecule has 0 fully saturated rings. The molecule has 0 aliphatic carbocycles. The van der Waals surface area contributed by atoms with Crippen LogP contribution in [0.3, 0.4) is 0 Å². The highest BCUT2D eigenvalue weighted by molar-refractivity contribution is 7.91. The third kappa shape index (κ3) is 4.02. The highest BCUT2D eigenvalue weighted by Gasteiger charge is 2.36. The Bertz CT molecular complexity index is 1050. The van der Waals surface area contributed by atoms with Gasteiger partial charge in [0.25, 0.3) is 0 Å². The first-order valence-electron chi connectivity index (χ1n) is 8.24. The van der Waals surface area contributed by atoms with E-state index in [0.717, 1.165) is 0 Å². The predicted octanol–water partition coefficient (Wildman–Crippen LogP) is 2.59. The summed E-state index contributed by atoms with van der Waals surface area (Å²) in [6.07, 6.45) is 0. The van der Waals surface area contributed by atoms with Crippen molar-refractivity contribution in [3.8, 4) is 0 Å². The maximum absolute atomic E-state index is 12.8. The van der Waals surface area contributed by atoms with E-state index in [2.05, 4.69) is 10.6 Å². The van der Waals surface area contributed by atoms with E-state index < -0.39 is 33.6 Å². The molecule has 3 rings (SSSR count). The number of hydrogen-bond acceptors (Lipinski definition) is 5. The van der Waals surface area contributed by atoms with E-state index in [1.54, 1.807) is 42.5 Å². The number of sulfone groups is 1. The van der Waals surface area contributed by atoms with Gasteiger partial charge in [-0.1, -0.05) is 48.0 Å². The van der Waals surface area contributed by atoms with Crippen LogP contribution in [0.5, 0.6) is 0 Å². The Morgan fingerprint density at radius 2 is 1.75 bits per heavy atom. The fourth-order valence-electron chi connectivity index (χ4n) is 2.93. The third-order valence-electron chi connectivity index (χ3n) is 4.21. The van der Waals surface area contributed by atoms with Gasteiger partial charge in [-0.05, 0) is 23.8 Å². The molecule has 146 valence electrons. The van der Waals surface area contributed by atoms with Crippen LogP contribution in [0.15, 0.2) is 70.8 Å². The molecule has 0 radical (unpaired) electrons. The molecule has 2 N–H and O–H groups in total. The molecule has 1 aliphatic heterocycles. The number of amides is 2. The molecule has 2 amide bonds. The summed E-state index contributed by atoms with van der Waals surface area (Å²) in [5.41, 5.74) is 0.383. The first-order chi connectivity index (χ1) is 13.3. The summed E-state index contributed by atoms with van der Waals surface area (Å²) in [7, 11) is -2.64. The minimum Gasteiger partial charge on any atom is -0.466 e. The van der Waals surface area contributed by atoms with E-state index in [1.165, 1.54) is 19.2 Å². The van der Waals surface area contributed by atoms with Crippen LogP contribution in [0, 0.1) is 0 Å². The summed E-state index contributed by atoms with van der Waals surface area (Å²) in [6.45, 7) is 0. The molecule has 7 nitrogen and oxygen atoms in total. The Kier molecular flexibility index (Phi) is 5.71. The summed E-state index contributed by atoms with van der Waals surface area (Å²) in [5.74, 6) is -1.34. The minimum atomic E-state index is -3.81. The maximum atomic E-state index is 12.8. The van der Waals surface area contributed by atoms with Gasteiger partial charge in [0, 0.05) is 10.7 Å². The molecule has 0 saturated heterocycles. The summed E-state index contributed by atoms with van der Waals surface area (Å²) < 4.78 is 30.4. The number of benzene rings is 2. The van der Waals surface area contributed by atoms with Crippen LogP contribution in [-0.2, 0) is 19.4 Å². The van der Waals surface area contributed by atoms with Gasteiger partial charge in [-0.25, -0.2) is 18.0 Å². The highest BCUT2D eigenvalue weighted by Crippen LogP contribution is 2.32. The number of esters is 1. The number of carbonyl (C=O) groups is 2. The van der Waals surface area contributed by atoms with Crippen molar-refractivity contribution in [3.63, 3.8) is 0 Å². The number of carbonyl (C=O) groups excluding carboxylic acids is 2. The van der Waals surface area contributed by atoms with Crippen LogP contribution in [0.1, 0.15) is 11.6 Å². The molecule has 28 heavy (non-hydrogen) atoms. The molecule has 1 heterocycles. The number of ether oxygens (including phenoxy) is 1. The second-order valence-electron chi connectivity index (χ2n) is 6.01. The van der Waals surface area contributed by atoms with Gasteiger partial charge < -0.3 is 15.4 Å². The normalized spacial score (nSPS) is 16.9. The topological polar surface area (TPSA) is 102 Å². The standard InChI is InChI=1S/C19H17ClN2O5S/c1-27-18(23)16-15(11-28(25,26)12-7-3-2-4-8-12)21-19(24)22-17(16)13-9-5-6-10-14(13)20/h2-10,17H,11H2,1H3,(H2,21,22,24)/t17-/m1/s1. The van der Waals surface area contributed by atoms with Gasteiger partial charge in [0.2, 0.25) is 0 Å². The van der Waals surface area contributed by atoms with Crippen LogP contribution in [0.2, 0.25) is 5.02 Å². The fraction of sp³-hybridized carbons (Fsp3) is 0.158. The van der Waals surface area contributed by atoms with Gasteiger partial charge in [0.15, 0.2) is 9.84 Å². The lowest BCUT2D eigenvalue weighted by Crippen LogP contribution is -2.47. The Morgan fingerprint density at radius 3 is 2.39 bits per heavy atom. The zero-order valence-corrected chi connectivity index (χ0v) is 16.4. The monoisotopic (exact) mass is 420 g/mol. The number of rotatable bonds is 5. The molecule has 0 bridgehead atoms. The quantitative estimate of drug-likeness (QED) is 0.724. The Balaban J connectivity index is 2.12. The number of nitrogens with one attached hydrogen (secondary N) is 2. The average molecular weight is 421 g/mol. The molecule has 0 unspecified atom stereocenters. The van der Waals surface area contributed by atoms with E-state index in [0.29, 0.717) is 10.6 Å². The highest BCUT2D eigenvalue weighted by atomic mass is 35.5. The Morgan fingerprint density at radius 1 is 1.11 bits per heavy atom. The number of methoxy groups -OCH3 is 1. The summed E-state index contributed by atoms with van der Waals surface area (Å²) in [6, 6.07) is 12.8. The molecule has 0 aromatic heterocycles. The van der Waals surface area contributed by atoms with Crippen LogP contribution in [-0.4, -0.2) is 33.3 Å². The Hall–Kier alpha value is -2.84. The smallest absolute Gasteiger partial charge is 0.338 e. The van der Waals surface area contributed by atoms with Crippen LogP contribution >= 0.6 is 11.6 Å².